The second kappa shape index (κ2) is 7.95. The van der Waals surface area contributed by atoms with Gasteiger partial charge in [0.05, 0.1) is 7.11 Å². The van der Waals surface area contributed by atoms with Crippen LogP contribution in [0.15, 0.2) is 0 Å². The molecule has 5 nitrogen and oxygen atoms in total. The van der Waals surface area contributed by atoms with Gasteiger partial charge in [0, 0.05) is 6.54 Å². The van der Waals surface area contributed by atoms with Crippen LogP contribution in [0.1, 0.15) is 34.6 Å². The molecule has 0 aromatic carbocycles. The molecule has 0 spiro atoms. The molecule has 0 aliphatic heterocycles. The largest absolute Gasteiger partial charge is 0.453 e. The molecule has 0 saturated heterocycles. The number of nitrogens with one attached hydrogen (secondary N) is 2. The molecule has 0 unspecified atom stereocenters. The monoisotopic (exact) mass is 258 g/mol. The van der Waals surface area contributed by atoms with Crippen LogP contribution in [0.25, 0.3) is 0 Å². The molecule has 18 heavy (non-hydrogen) atoms. The van der Waals surface area contributed by atoms with Crippen LogP contribution in [0, 0.1) is 17.8 Å². The molecule has 0 radical (unpaired) electrons. The maximum absolute atomic E-state index is 12.0. The van der Waals surface area contributed by atoms with Gasteiger partial charge in [-0.25, -0.2) is 4.79 Å². The topological polar surface area (TPSA) is 67.4 Å². The van der Waals surface area contributed by atoms with Gasteiger partial charge in [-0.05, 0) is 17.8 Å². The standard InChI is InChI=1S/C13H26N2O3/c1-8(2)10(5)7-14-12(16)11(9(3)4)15-13(17)18-6/h8-11H,7H2,1-6H3,(H,14,16)(H,15,17)/t10-,11+/m1/s1. The minimum Gasteiger partial charge on any atom is -0.453 e. The SMILES string of the molecule is COC(=O)N[C@H](C(=O)NC[C@@H](C)C(C)C)C(C)C. The highest BCUT2D eigenvalue weighted by Crippen LogP contribution is 2.08. The number of amides is 2. The van der Waals surface area contributed by atoms with Gasteiger partial charge in [0.15, 0.2) is 0 Å². The first-order valence-corrected chi connectivity index (χ1v) is 6.41. The molecule has 0 fully saturated rings. The van der Waals surface area contributed by atoms with Crippen molar-refractivity contribution < 1.29 is 14.3 Å². The minimum atomic E-state index is -0.583. The highest BCUT2D eigenvalue weighted by atomic mass is 16.5. The van der Waals surface area contributed by atoms with Gasteiger partial charge >= 0.3 is 6.09 Å². The molecule has 0 saturated carbocycles. The van der Waals surface area contributed by atoms with E-state index in [2.05, 4.69) is 36.1 Å². The Morgan fingerprint density at radius 1 is 1.06 bits per heavy atom. The van der Waals surface area contributed by atoms with Crippen LogP contribution in [0.4, 0.5) is 4.79 Å². The number of hydrogen-bond acceptors (Lipinski definition) is 3. The summed E-state index contributed by atoms with van der Waals surface area (Å²) in [6.45, 7) is 10.7. The van der Waals surface area contributed by atoms with Gasteiger partial charge in [-0.15, -0.1) is 0 Å². The highest BCUT2D eigenvalue weighted by Gasteiger charge is 2.24. The van der Waals surface area contributed by atoms with Gasteiger partial charge in [-0.2, -0.15) is 0 Å². The summed E-state index contributed by atoms with van der Waals surface area (Å²) in [5, 5.41) is 5.41. The third-order valence-corrected chi connectivity index (χ3v) is 3.14. The molecular formula is C13H26N2O3. The molecule has 0 bridgehead atoms. The van der Waals surface area contributed by atoms with Crippen LogP contribution >= 0.6 is 0 Å². The van der Waals surface area contributed by atoms with E-state index in [1.165, 1.54) is 7.11 Å². The average molecular weight is 258 g/mol. The van der Waals surface area contributed by atoms with Gasteiger partial charge in [0.2, 0.25) is 5.91 Å². The molecule has 0 aromatic heterocycles. The van der Waals surface area contributed by atoms with E-state index in [9.17, 15) is 9.59 Å². The average Bonchev–Trinajstić information content (AvgIpc) is 2.31. The lowest BCUT2D eigenvalue weighted by atomic mass is 9.97. The molecule has 2 N–H and O–H groups in total. The Kier molecular flexibility index (Phi) is 7.39. The van der Waals surface area contributed by atoms with E-state index in [-0.39, 0.29) is 11.8 Å². The summed E-state index contributed by atoms with van der Waals surface area (Å²) in [6, 6.07) is -0.559. The zero-order valence-electron chi connectivity index (χ0n) is 12.2. The number of rotatable bonds is 6. The van der Waals surface area contributed by atoms with E-state index >= 15 is 0 Å². The molecule has 0 rings (SSSR count). The van der Waals surface area contributed by atoms with Gasteiger partial charge in [0.1, 0.15) is 6.04 Å². The van der Waals surface area contributed by atoms with Crippen LogP contribution in [0.2, 0.25) is 0 Å². The molecule has 5 heteroatoms. The molecule has 2 atom stereocenters. The maximum atomic E-state index is 12.0. The number of carbonyl (C=O) groups is 2. The maximum Gasteiger partial charge on any atom is 0.407 e. The van der Waals surface area contributed by atoms with E-state index in [1.807, 2.05) is 13.8 Å². The van der Waals surface area contributed by atoms with Crippen LogP contribution in [-0.2, 0) is 9.53 Å². The Balaban J connectivity index is 4.36. The van der Waals surface area contributed by atoms with E-state index in [1.54, 1.807) is 0 Å². The van der Waals surface area contributed by atoms with E-state index in [0.717, 1.165) is 0 Å². The second-order valence-corrected chi connectivity index (χ2v) is 5.32. The molecular weight excluding hydrogens is 232 g/mol. The van der Waals surface area contributed by atoms with Crippen molar-refractivity contribution in [2.75, 3.05) is 13.7 Å². The normalized spacial score (nSPS) is 14.2. The van der Waals surface area contributed by atoms with Gasteiger partial charge in [0.25, 0.3) is 0 Å². The first-order chi connectivity index (χ1) is 8.29. The van der Waals surface area contributed by atoms with Crippen molar-refractivity contribution in [2.45, 2.75) is 40.7 Å². The van der Waals surface area contributed by atoms with Crippen molar-refractivity contribution in [2.24, 2.45) is 17.8 Å². The van der Waals surface area contributed by atoms with Crippen molar-refractivity contribution in [3.05, 3.63) is 0 Å². The van der Waals surface area contributed by atoms with Crippen molar-refractivity contribution in [3.8, 4) is 0 Å². The van der Waals surface area contributed by atoms with Gasteiger partial charge in [-0.3, -0.25) is 4.79 Å². The summed E-state index contributed by atoms with van der Waals surface area (Å²) in [5.74, 6) is 0.762. The number of hydrogen-bond donors (Lipinski definition) is 2. The van der Waals surface area contributed by atoms with Gasteiger partial charge < -0.3 is 15.4 Å². The fourth-order valence-electron chi connectivity index (χ4n) is 1.33. The fraction of sp³-hybridized carbons (Fsp3) is 0.846. The lowest BCUT2D eigenvalue weighted by Gasteiger charge is -2.23. The summed E-state index contributed by atoms with van der Waals surface area (Å²) in [7, 11) is 1.28. The summed E-state index contributed by atoms with van der Waals surface area (Å²) in [6.07, 6.45) is -0.583. The predicted molar refractivity (Wildman–Crippen MR) is 71.2 cm³/mol. The molecule has 0 aromatic rings. The summed E-state index contributed by atoms with van der Waals surface area (Å²) in [4.78, 5) is 23.1. The highest BCUT2D eigenvalue weighted by molar-refractivity contribution is 5.85. The molecule has 2 amide bonds. The Labute approximate surface area is 110 Å². The number of methoxy groups -OCH3 is 1. The van der Waals surface area contributed by atoms with Crippen LogP contribution in [0.5, 0.6) is 0 Å². The second-order valence-electron chi connectivity index (χ2n) is 5.32. The Bertz CT molecular complexity index is 277. The predicted octanol–water partition coefficient (Wildman–Crippen LogP) is 1.78. The lowest BCUT2D eigenvalue weighted by molar-refractivity contribution is -0.124. The third-order valence-electron chi connectivity index (χ3n) is 3.14. The van der Waals surface area contributed by atoms with Crippen molar-refractivity contribution in [1.29, 1.82) is 0 Å². The van der Waals surface area contributed by atoms with E-state index in [4.69, 9.17) is 0 Å². The first-order valence-electron chi connectivity index (χ1n) is 6.41. The third kappa shape index (κ3) is 5.89. The quantitative estimate of drug-likeness (QED) is 0.763. The molecule has 0 aliphatic rings. The van der Waals surface area contributed by atoms with Crippen molar-refractivity contribution >= 4 is 12.0 Å². The summed E-state index contributed by atoms with van der Waals surface area (Å²) >= 11 is 0. The number of carbonyl (C=O) groups excluding carboxylic acids is 2. The number of ether oxygens (including phenoxy) is 1. The van der Waals surface area contributed by atoms with Crippen LogP contribution < -0.4 is 10.6 Å². The minimum absolute atomic E-state index is 0.0125. The summed E-state index contributed by atoms with van der Waals surface area (Å²) in [5.41, 5.74) is 0. The van der Waals surface area contributed by atoms with E-state index < -0.39 is 12.1 Å². The number of alkyl carbamates (subject to hydrolysis) is 1. The fourth-order valence-corrected chi connectivity index (χ4v) is 1.33. The lowest BCUT2D eigenvalue weighted by Crippen LogP contribution is -2.50. The molecule has 106 valence electrons. The first kappa shape index (κ1) is 16.7. The van der Waals surface area contributed by atoms with Crippen LogP contribution in [-0.4, -0.2) is 31.7 Å². The molecule has 0 heterocycles. The smallest absolute Gasteiger partial charge is 0.407 e. The zero-order valence-corrected chi connectivity index (χ0v) is 12.2. The van der Waals surface area contributed by atoms with Crippen LogP contribution in [0.3, 0.4) is 0 Å². The molecule has 0 aliphatic carbocycles. The van der Waals surface area contributed by atoms with E-state index in [0.29, 0.717) is 18.4 Å². The Morgan fingerprint density at radius 3 is 2.00 bits per heavy atom. The van der Waals surface area contributed by atoms with Crippen molar-refractivity contribution in [3.63, 3.8) is 0 Å². The Morgan fingerprint density at radius 2 is 1.61 bits per heavy atom. The zero-order chi connectivity index (χ0) is 14.3. The Hall–Kier alpha value is -1.26. The van der Waals surface area contributed by atoms with Crippen molar-refractivity contribution in [1.82, 2.24) is 10.6 Å². The summed E-state index contributed by atoms with van der Waals surface area (Å²) < 4.78 is 4.51. The van der Waals surface area contributed by atoms with Gasteiger partial charge in [-0.1, -0.05) is 34.6 Å².